The number of allylic oxidation sites excluding steroid dienone is 1. The molecule has 2 aliphatic carbocycles. The van der Waals surface area contributed by atoms with E-state index >= 15 is 0 Å². The van der Waals surface area contributed by atoms with E-state index in [1.807, 2.05) is 0 Å². The van der Waals surface area contributed by atoms with Crippen molar-refractivity contribution in [2.24, 2.45) is 23.7 Å². The maximum absolute atomic E-state index is 2.47. The summed E-state index contributed by atoms with van der Waals surface area (Å²) >= 11 is 0. The Morgan fingerprint density at radius 1 is 1.11 bits per heavy atom. The molecule has 1 saturated carbocycles. The smallest absolute Gasteiger partial charge is 0.00583 e. The van der Waals surface area contributed by atoms with Crippen molar-refractivity contribution in [1.29, 1.82) is 0 Å². The van der Waals surface area contributed by atoms with Gasteiger partial charge >= 0.3 is 0 Å². The Morgan fingerprint density at radius 2 is 1.89 bits per heavy atom. The molecule has 0 radical (unpaired) electrons. The molecule has 0 N–H and O–H groups in total. The van der Waals surface area contributed by atoms with Gasteiger partial charge in [-0.25, -0.2) is 0 Å². The van der Waals surface area contributed by atoms with E-state index in [9.17, 15) is 0 Å². The van der Waals surface area contributed by atoms with Crippen LogP contribution in [0.5, 0.6) is 0 Å². The average molecular weight is 254 g/mol. The highest BCUT2D eigenvalue weighted by Crippen LogP contribution is 2.48. The summed E-state index contributed by atoms with van der Waals surface area (Å²) in [4.78, 5) is 0. The van der Waals surface area contributed by atoms with E-state index in [1.165, 1.54) is 24.8 Å². The normalized spacial score (nSPS) is 33.7. The van der Waals surface area contributed by atoms with Crippen LogP contribution in [0, 0.1) is 23.7 Å². The zero-order valence-corrected chi connectivity index (χ0v) is 12.5. The standard InChI is InChI=1S/C19H26/c1-13(2)16-10-8-14(3)12-19(16)18-11-9-15-6-4-5-7-17(15)18/h4-7,9,11,13-14,16,18-19H,8,10,12H2,1-3H3/t14-,16?,18?,19-/m1/s1. The predicted molar refractivity (Wildman–Crippen MR) is 83.1 cm³/mol. The highest BCUT2D eigenvalue weighted by Gasteiger charge is 2.37. The lowest BCUT2D eigenvalue weighted by atomic mass is 9.64. The maximum atomic E-state index is 2.47. The van der Waals surface area contributed by atoms with Crippen LogP contribution in [0.15, 0.2) is 30.3 Å². The fraction of sp³-hybridized carbons (Fsp3) is 0.579. The van der Waals surface area contributed by atoms with Gasteiger partial charge in [-0.1, -0.05) is 63.6 Å². The van der Waals surface area contributed by atoms with Crippen molar-refractivity contribution in [2.75, 3.05) is 0 Å². The minimum absolute atomic E-state index is 0.673. The monoisotopic (exact) mass is 254 g/mol. The van der Waals surface area contributed by atoms with Crippen LogP contribution >= 0.6 is 0 Å². The largest absolute Gasteiger partial charge is 0.0761 e. The topological polar surface area (TPSA) is 0 Å². The van der Waals surface area contributed by atoms with Crippen LogP contribution < -0.4 is 0 Å². The van der Waals surface area contributed by atoms with Gasteiger partial charge in [-0.15, -0.1) is 0 Å². The highest BCUT2D eigenvalue weighted by atomic mass is 14.4. The van der Waals surface area contributed by atoms with E-state index in [4.69, 9.17) is 0 Å². The van der Waals surface area contributed by atoms with Gasteiger partial charge < -0.3 is 0 Å². The molecule has 3 rings (SSSR count). The lowest BCUT2D eigenvalue weighted by molar-refractivity contribution is 0.133. The third-order valence-electron chi connectivity index (χ3n) is 5.37. The minimum atomic E-state index is 0.673. The zero-order chi connectivity index (χ0) is 13.4. The molecule has 0 nitrogen and oxygen atoms in total. The first-order chi connectivity index (χ1) is 9.16. The van der Waals surface area contributed by atoms with Crippen LogP contribution in [0.25, 0.3) is 6.08 Å². The number of benzene rings is 1. The van der Waals surface area contributed by atoms with Gasteiger partial charge in [-0.3, -0.25) is 0 Å². The summed E-state index contributed by atoms with van der Waals surface area (Å²) in [7, 11) is 0. The Hall–Kier alpha value is -1.04. The number of hydrogen-bond donors (Lipinski definition) is 0. The predicted octanol–water partition coefficient (Wildman–Crippen LogP) is 5.51. The van der Waals surface area contributed by atoms with E-state index in [0.29, 0.717) is 5.92 Å². The summed E-state index contributed by atoms with van der Waals surface area (Å²) in [5.41, 5.74) is 3.03. The van der Waals surface area contributed by atoms with Gasteiger partial charge in [-0.2, -0.15) is 0 Å². The molecular formula is C19H26. The summed E-state index contributed by atoms with van der Waals surface area (Å²) in [5.74, 6) is 4.15. The van der Waals surface area contributed by atoms with Crippen molar-refractivity contribution in [3.8, 4) is 0 Å². The van der Waals surface area contributed by atoms with Crippen molar-refractivity contribution >= 4 is 6.08 Å². The van der Waals surface area contributed by atoms with Crippen LogP contribution in [0.1, 0.15) is 57.1 Å². The van der Waals surface area contributed by atoms with Gasteiger partial charge in [-0.05, 0) is 47.6 Å². The molecule has 0 aromatic heterocycles. The van der Waals surface area contributed by atoms with Crippen molar-refractivity contribution in [1.82, 2.24) is 0 Å². The van der Waals surface area contributed by atoms with Gasteiger partial charge in [0, 0.05) is 5.92 Å². The maximum Gasteiger partial charge on any atom is 0.00583 e. The van der Waals surface area contributed by atoms with E-state index in [-0.39, 0.29) is 0 Å². The Morgan fingerprint density at radius 3 is 2.68 bits per heavy atom. The van der Waals surface area contributed by atoms with E-state index in [1.54, 1.807) is 5.56 Å². The van der Waals surface area contributed by atoms with Crippen molar-refractivity contribution in [3.63, 3.8) is 0 Å². The van der Waals surface area contributed by atoms with Gasteiger partial charge in [0.25, 0.3) is 0 Å². The van der Waals surface area contributed by atoms with E-state index in [0.717, 1.165) is 23.7 Å². The molecule has 1 aromatic rings. The van der Waals surface area contributed by atoms with E-state index in [2.05, 4.69) is 57.2 Å². The lowest BCUT2D eigenvalue weighted by Gasteiger charge is -2.40. The Bertz CT molecular complexity index is 469. The quantitative estimate of drug-likeness (QED) is 0.653. The molecule has 0 aliphatic heterocycles. The molecule has 2 unspecified atom stereocenters. The lowest BCUT2D eigenvalue weighted by Crippen LogP contribution is -2.31. The number of hydrogen-bond acceptors (Lipinski definition) is 0. The van der Waals surface area contributed by atoms with Gasteiger partial charge in [0.05, 0.1) is 0 Å². The molecule has 102 valence electrons. The molecule has 0 heteroatoms. The average Bonchev–Trinajstić information content (AvgIpc) is 2.82. The summed E-state index contributed by atoms with van der Waals surface area (Å²) in [6, 6.07) is 8.98. The first-order valence-electron chi connectivity index (χ1n) is 7.94. The summed E-state index contributed by atoms with van der Waals surface area (Å²) in [5, 5.41) is 0. The van der Waals surface area contributed by atoms with Crippen LogP contribution in [0.3, 0.4) is 0 Å². The summed E-state index contributed by atoms with van der Waals surface area (Å²) in [6.07, 6.45) is 9.08. The van der Waals surface area contributed by atoms with Gasteiger partial charge in [0.2, 0.25) is 0 Å². The Kier molecular flexibility index (Phi) is 3.52. The fourth-order valence-electron chi connectivity index (χ4n) is 4.34. The zero-order valence-electron chi connectivity index (χ0n) is 12.5. The Balaban J connectivity index is 1.90. The van der Waals surface area contributed by atoms with Crippen molar-refractivity contribution in [2.45, 2.75) is 46.0 Å². The van der Waals surface area contributed by atoms with Gasteiger partial charge in [0.1, 0.15) is 0 Å². The molecule has 1 aromatic carbocycles. The third-order valence-corrected chi connectivity index (χ3v) is 5.37. The van der Waals surface area contributed by atoms with Crippen LogP contribution in [-0.4, -0.2) is 0 Å². The second kappa shape index (κ2) is 5.15. The fourth-order valence-corrected chi connectivity index (χ4v) is 4.34. The SMILES string of the molecule is CC(C)C1CC[C@@H](C)C[C@H]1C1C=Cc2ccccc21. The second-order valence-corrected chi connectivity index (χ2v) is 7.00. The summed E-state index contributed by atoms with van der Waals surface area (Å²) < 4.78 is 0. The Labute approximate surface area is 117 Å². The van der Waals surface area contributed by atoms with Crippen LogP contribution in [0.2, 0.25) is 0 Å². The van der Waals surface area contributed by atoms with Gasteiger partial charge in [0.15, 0.2) is 0 Å². The first kappa shape index (κ1) is 13.0. The molecule has 19 heavy (non-hydrogen) atoms. The molecule has 0 saturated heterocycles. The molecule has 4 atom stereocenters. The molecule has 0 heterocycles. The first-order valence-corrected chi connectivity index (χ1v) is 7.94. The summed E-state index contributed by atoms with van der Waals surface area (Å²) in [6.45, 7) is 7.27. The molecule has 0 bridgehead atoms. The van der Waals surface area contributed by atoms with Crippen LogP contribution in [-0.2, 0) is 0 Å². The molecular weight excluding hydrogens is 228 g/mol. The molecule has 0 spiro atoms. The molecule has 0 amide bonds. The third kappa shape index (κ3) is 2.38. The number of rotatable bonds is 2. The van der Waals surface area contributed by atoms with Crippen LogP contribution in [0.4, 0.5) is 0 Å². The van der Waals surface area contributed by atoms with Crippen molar-refractivity contribution in [3.05, 3.63) is 41.5 Å². The molecule has 2 aliphatic rings. The second-order valence-electron chi connectivity index (χ2n) is 7.00. The van der Waals surface area contributed by atoms with Crippen molar-refractivity contribution < 1.29 is 0 Å². The highest BCUT2D eigenvalue weighted by molar-refractivity contribution is 5.62. The molecule has 1 fully saturated rings. The van der Waals surface area contributed by atoms with E-state index < -0.39 is 0 Å². The minimum Gasteiger partial charge on any atom is -0.0761 e. The number of fused-ring (bicyclic) bond motifs is 1.